The van der Waals surface area contributed by atoms with Gasteiger partial charge < -0.3 is 0 Å². The molecule has 0 saturated heterocycles. The quantitative estimate of drug-likeness (QED) is 0.581. The van der Waals surface area contributed by atoms with Gasteiger partial charge in [-0.2, -0.15) is 0 Å². The third-order valence-corrected chi connectivity index (χ3v) is 6.20. The monoisotopic (exact) mass is 220 g/mol. The molecule has 3 aliphatic carbocycles. The molecule has 0 heteroatoms. The highest BCUT2D eigenvalue weighted by molar-refractivity contribution is 5.04. The summed E-state index contributed by atoms with van der Waals surface area (Å²) in [5, 5.41) is 0. The Bertz CT molecular complexity index is 268. The van der Waals surface area contributed by atoms with Crippen LogP contribution in [0.3, 0.4) is 0 Å². The van der Waals surface area contributed by atoms with E-state index in [1.165, 1.54) is 25.7 Å². The maximum absolute atomic E-state index is 2.55. The molecule has 3 rings (SSSR count). The van der Waals surface area contributed by atoms with Crippen molar-refractivity contribution in [3.63, 3.8) is 0 Å². The van der Waals surface area contributed by atoms with E-state index in [9.17, 15) is 0 Å². The van der Waals surface area contributed by atoms with E-state index in [2.05, 4.69) is 20.8 Å². The van der Waals surface area contributed by atoms with Gasteiger partial charge in [-0.25, -0.2) is 0 Å². The highest BCUT2D eigenvalue weighted by Crippen LogP contribution is 2.64. The average Bonchev–Trinajstić information content (AvgIpc) is 2.88. The summed E-state index contributed by atoms with van der Waals surface area (Å²) in [7, 11) is 0. The maximum Gasteiger partial charge on any atom is -0.0292 e. The molecule has 0 spiro atoms. The molecule has 0 heterocycles. The van der Waals surface area contributed by atoms with Gasteiger partial charge >= 0.3 is 0 Å². The smallest absolute Gasteiger partial charge is 0.0292 e. The zero-order valence-corrected chi connectivity index (χ0v) is 11.4. The number of fused-ring (bicyclic) bond motifs is 1. The molecule has 0 nitrogen and oxygen atoms in total. The largest absolute Gasteiger partial charge is 0.0599 e. The van der Waals surface area contributed by atoms with Crippen LogP contribution >= 0.6 is 0 Å². The van der Waals surface area contributed by atoms with Crippen molar-refractivity contribution in [2.75, 3.05) is 0 Å². The normalized spacial score (nSPS) is 47.4. The van der Waals surface area contributed by atoms with Gasteiger partial charge in [0.25, 0.3) is 0 Å². The molecular weight excluding hydrogens is 192 g/mol. The summed E-state index contributed by atoms with van der Waals surface area (Å²) in [5.41, 5.74) is 1.45. The van der Waals surface area contributed by atoms with Gasteiger partial charge in [0.1, 0.15) is 0 Å². The number of rotatable bonds is 1. The summed E-state index contributed by atoms with van der Waals surface area (Å²) in [5.74, 6) is 3.31. The first-order valence-corrected chi connectivity index (χ1v) is 7.49. The van der Waals surface area contributed by atoms with Crippen LogP contribution < -0.4 is 0 Å². The second-order valence-electron chi connectivity index (χ2n) is 8.10. The van der Waals surface area contributed by atoms with Crippen molar-refractivity contribution in [3.05, 3.63) is 0 Å². The second-order valence-corrected chi connectivity index (χ2v) is 8.10. The van der Waals surface area contributed by atoms with E-state index in [0.29, 0.717) is 5.41 Å². The number of hydrogen-bond acceptors (Lipinski definition) is 0. The van der Waals surface area contributed by atoms with Crippen molar-refractivity contribution in [3.8, 4) is 0 Å². The van der Waals surface area contributed by atoms with Gasteiger partial charge in [-0.15, -0.1) is 0 Å². The van der Waals surface area contributed by atoms with E-state index in [1.807, 2.05) is 0 Å². The predicted octanol–water partition coefficient (Wildman–Crippen LogP) is 5.03. The van der Waals surface area contributed by atoms with E-state index >= 15 is 0 Å². The Kier molecular flexibility index (Phi) is 2.43. The minimum atomic E-state index is 0.650. The zero-order chi connectivity index (χ0) is 11.4. The Balaban J connectivity index is 1.58. The van der Waals surface area contributed by atoms with Gasteiger partial charge in [0.2, 0.25) is 0 Å². The minimum Gasteiger partial charge on any atom is -0.0599 e. The van der Waals surface area contributed by atoms with E-state index in [-0.39, 0.29) is 0 Å². The molecule has 3 aliphatic rings. The fraction of sp³-hybridized carbons (Fsp3) is 1.00. The molecule has 0 aromatic carbocycles. The van der Waals surface area contributed by atoms with Crippen LogP contribution in [0.2, 0.25) is 0 Å². The van der Waals surface area contributed by atoms with Crippen LogP contribution in [0, 0.1) is 28.6 Å². The Morgan fingerprint density at radius 2 is 1.44 bits per heavy atom. The lowest BCUT2D eigenvalue weighted by Crippen LogP contribution is -2.29. The first-order chi connectivity index (χ1) is 7.49. The molecule has 0 amide bonds. The van der Waals surface area contributed by atoms with Crippen LogP contribution in [0.5, 0.6) is 0 Å². The molecule has 0 aromatic heterocycles. The van der Waals surface area contributed by atoms with Crippen LogP contribution in [0.15, 0.2) is 0 Å². The Morgan fingerprint density at radius 1 is 0.750 bits per heavy atom. The van der Waals surface area contributed by atoms with Crippen molar-refractivity contribution < 1.29 is 0 Å². The Hall–Kier alpha value is 0. The van der Waals surface area contributed by atoms with Gasteiger partial charge in [0.05, 0.1) is 0 Å². The standard InChI is InChI=1S/C16H28/c1-15(2)8-6-12(7-9-15)13-4-5-14-11-16(14,3)10-13/h12-14H,4-11H2,1-3H3. The Morgan fingerprint density at radius 3 is 2.06 bits per heavy atom. The second kappa shape index (κ2) is 3.50. The van der Waals surface area contributed by atoms with Crippen LogP contribution in [0.25, 0.3) is 0 Å². The topological polar surface area (TPSA) is 0 Å². The summed E-state index contributed by atoms with van der Waals surface area (Å²) in [6, 6.07) is 0. The van der Waals surface area contributed by atoms with Crippen LogP contribution in [-0.4, -0.2) is 0 Å². The maximum atomic E-state index is 2.55. The molecule has 0 aliphatic heterocycles. The molecule has 3 saturated carbocycles. The molecule has 0 N–H and O–H groups in total. The highest BCUT2D eigenvalue weighted by Gasteiger charge is 2.54. The van der Waals surface area contributed by atoms with Crippen LogP contribution in [0.1, 0.15) is 72.1 Å². The van der Waals surface area contributed by atoms with Gasteiger partial charge in [-0.05, 0) is 80.0 Å². The van der Waals surface area contributed by atoms with Crippen molar-refractivity contribution in [2.24, 2.45) is 28.6 Å². The lowest BCUT2D eigenvalue weighted by molar-refractivity contribution is 0.109. The molecular formula is C16H28. The fourth-order valence-electron chi connectivity index (χ4n) is 4.62. The minimum absolute atomic E-state index is 0.650. The van der Waals surface area contributed by atoms with E-state index < -0.39 is 0 Å². The summed E-state index contributed by atoms with van der Waals surface area (Å²) in [6.07, 6.45) is 12.3. The summed E-state index contributed by atoms with van der Waals surface area (Å²) >= 11 is 0. The number of hydrogen-bond donors (Lipinski definition) is 0. The highest BCUT2D eigenvalue weighted by atomic mass is 14.6. The lowest BCUT2D eigenvalue weighted by atomic mass is 9.65. The van der Waals surface area contributed by atoms with Crippen LogP contribution in [-0.2, 0) is 0 Å². The zero-order valence-electron chi connectivity index (χ0n) is 11.4. The summed E-state index contributed by atoms with van der Waals surface area (Å²) < 4.78 is 0. The molecule has 16 heavy (non-hydrogen) atoms. The molecule has 0 aromatic rings. The molecule has 0 radical (unpaired) electrons. The molecule has 0 bridgehead atoms. The van der Waals surface area contributed by atoms with Crippen molar-refractivity contribution in [2.45, 2.75) is 72.1 Å². The Labute approximate surface area is 101 Å². The SMILES string of the molecule is CC1(C)CCC(C2CCC3CC3(C)C2)CC1. The van der Waals surface area contributed by atoms with Gasteiger partial charge in [0.15, 0.2) is 0 Å². The first kappa shape index (κ1) is 11.1. The molecule has 3 unspecified atom stereocenters. The average molecular weight is 220 g/mol. The van der Waals surface area contributed by atoms with Gasteiger partial charge in [-0.1, -0.05) is 20.8 Å². The molecule has 92 valence electrons. The fourth-order valence-corrected chi connectivity index (χ4v) is 4.62. The molecule has 3 fully saturated rings. The van der Waals surface area contributed by atoms with Crippen molar-refractivity contribution in [1.29, 1.82) is 0 Å². The first-order valence-electron chi connectivity index (χ1n) is 7.49. The van der Waals surface area contributed by atoms with Crippen molar-refractivity contribution in [1.82, 2.24) is 0 Å². The predicted molar refractivity (Wildman–Crippen MR) is 69.3 cm³/mol. The lowest BCUT2D eigenvalue weighted by Gasteiger charge is -2.40. The van der Waals surface area contributed by atoms with E-state index in [0.717, 1.165) is 23.2 Å². The summed E-state index contributed by atoms with van der Waals surface area (Å²) in [6.45, 7) is 7.47. The molecule has 3 atom stereocenters. The van der Waals surface area contributed by atoms with Crippen molar-refractivity contribution >= 4 is 0 Å². The van der Waals surface area contributed by atoms with E-state index in [4.69, 9.17) is 0 Å². The van der Waals surface area contributed by atoms with Gasteiger partial charge in [-0.3, -0.25) is 0 Å². The van der Waals surface area contributed by atoms with Gasteiger partial charge in [0, 0.05) is 0 Å². The third-order valence-electron chi connectivity index (χ3n) is 6.20. The third kappa shape index (κ3) is 1.93. The van der Waals surface area contributed by atoms with E-state index in [1.54, 1.807) is 25.7 Å². The summed E-state index contributed by atoms with van der Waals surface area (Å²) in [4.78, 5) is 0. The van der Waals surface area contributed by atoms with Crippen LogP contribution in [0.4, 0.5) is 0 Å².